The van der Waals surface area contributed by atoms with Crippen LogP contribution in [0.15, 0.2) is 48.5 Å². The predicted molar refractivity (Wildman–Crippen MR) is 124 cm³/mol. The minimum Gasteiger partial charge on any atom is -0.487 e. The van der Waals surface area contributed by atoms with Gasteiger partial charge in [-0.15, -0.1) is 0 Å². The maximum Gasteiger partial charge on any atom is 0.244 e. The van der Waals surface area contributed by atoms with E-state index in [0.717, 1.165) is 34.7 Å². The molecule has 0 saturated carbocycles. The highest BCUT2D eigenvalue weighted by atomic mass is 32.2. The number of nitrogens with zero attached hydrogens (tertiary/aromatic N) is 1. The molecule has 174 valence electrons. The predicted octanol–water partition coefficient (Wildman–Crippen LogP) is 4.57. The number of carbonyl (C=O) groups is 1. The van der Waals surface area contributed by atoms with E-state index >= 15 is 0 Å². The first-order chi connectivity index (χ1) is 15.1. The lowest BCUT2D eigenvalue weighted by atomic mass is 9.83. The highest BCUT2D eigenvalue weighted by molar-refractivity contribution is 7.92. The van der Waals surface area contributed by atoms with Crippen LogP contribution in [0.2, 0.25) is 0 Å². The van der Waals surface area contributed by atoms with Crippen molar-refractivity contribution in [3.63, 3.8) is 0 Å². The molecule has 1 aliphatic rings. The molecule has 0 unspecified atom stereocenters. The van der Waals surface area contributed by atoms with Gasteiger partial charge in [0.15, 0.2) is 0 Å². The number of rotatable bonds is 8. The van der Waals surface area contributed by atoms with Gasteiger partial charge in [0, 0.05) is 12.0 Å². The van der Waals surface area contributed by atoms with Crippen LogP contribution in [-0.4, -0.2) is 32.2 Å². The molecular weight excluding hydrogens is 431 g/mol. The maximum atomic E-state index is 13.4. The van der Waals surface area contributed by atoms with Crippen molar-refractivity contribution in [3.05, 3.63) is 59.9 Å². The molecule has 0 bridgehead atoms. The number of benzene rings is 2. The molecule has 1 aliphatic heterocycles. The Morgan fingerprint density at radius 2 is 1.78 bits per heavy atom. The Morgan fingerprint density at radius 1 is 1.16 bits per heavy atom. The molecule has 0 aliphatic carbocycles. The number of hydrogen-bond acceptors (Lipinski definition) is 4. The van der Waals surface area contributed by atoms with E-state index in [9.17, 15) is 17.6 Å². The number of anilines is 1. The molecule has 2 atom stereocenters. The van der Waals surface area contributed by atoms with Crippen LogP contribution < -0.4 is 14.4 Å². The summed E-state index contributed by atoms with van der Waals surface area (Å²) in [6.45, 7) is 5.88. The van der Waals surface area contributed by atoms with Crippen LogP contribution in [0.4, 0.5) is 10.1 Å². The highest BCUT2D eigenvalue weighted by Crippen LogP contribution is 2.42. The van der Waals surface area contributed by atoms with Crippen molar-refractivity contribution in [2.45, 2.75) is 64.1 Å². The van der Waals surface area contributed by atoms with E-state index in [-0.39, 0.29) is 18.2 Å². The van der Waals surface area contributed by atoms with Crippen LogP contribution in [0.5, 0.6) is 5.75 Å². The molecule has 2 aromatic carbocycles. The number of nitrogens with one attached hydrogen (secondary N) is 1. The summed E-state index contributed by atoms with van der Waals surface area (Å²) in [5.74, 6) is -0.140. The van der Waals surface area contributed by atoms with Gasteiger partial charge in [0.2, 0.25) is 15.9 Å². The van der Waals surface area contributed by atoms with Crippen molar-refractivity contribution < 1.29 is 22.3 Å². The molecule has 2 aromatic rings. The summed E-state index contributed by atoms with van der Waals surface area (Å²) < 4.78 is 46.1. The molecule has 0 fully saturated rings. The van der Waals surface area contributed by atoms with Gasteiger partial charge in [0.05, 0.1) is 18.0 Å². The Balaban J connectivity index is 1.95. The van der Waals surface area contributed by atoms with Gasteiger partial charge in [-0.2, -0.15) is 0 Å². The lowest BCUT2D eigenvalue weighted by Gasteiger charge is -2.42. The summed E-state index contributed by atoms with van der Waals surface area (Å²) in [6.07, 6.45) is 3.47. The second-order valence-electron chi connectivity index (χ2n) is 8.25. The first-order valence-corrected chi connectivity index (χ1v) is 12.8. The molecule has 0 saturated heterocycles. The first-order valence-electron chi connectivity index (χ1n) is 11.0. The van der Waals surface area contributed by atoms with Gasteiger partial charge >= 0.3 is 0 Å². The lowest BCUT2D eigenvalue weighted by molar-refractivity contribution is -0.123. The third-order valence-electron chi connectivity index (χ3n) is 6.21. The summed E-state index contributed by atoms with van der Waals surface area (Å²) in [4.78, 5) is 13.4. The van der Waals surface area contributed by atoms with Gasteiger partial charge in [-0.1, -0.05) is 39.0 Å². The van der Waals surface area contributed by atoms with Crippen molar-refractivity contribution >= 4 is 21.6 Å². The van der Waals surface area contributed by atoms with Crippen molar-refractivity contribution in [1.29, 1.82) is 0 Å². The fraction of sp³-hybridized carbons (Fsp3) is 0.458. The summed E-state index contributed by atoms with van der Waals surface area (Å²) in [5, 5.41) is 3.08. The number of para-hydroxylation sites is 1. The smallest absolute Gasteiger partial charge is 0.244 e. The Hall–Kier alpha value is -2.61. The normalized spacial score (nSPS) is 18.2. The van der Waals surface area contributed by atoms with Gasteiger partial charge in [-0.25, -0.2) is 12.8 Å². The highest BCUT2D eigenvalue weighted by Gasteiger charge is 2.40. The minimum absolute atomic E-state index is 0.250. The van der Waals surface area contributed by atoms with E-state index in [2.05, 4.69) is 19.2 Å². The van der Waals surface area contributed by atoms with E-state index < -0.39 is 33.4 Å². The number of carbonyl (C=O) groups excluding carboxylic acids is 1. The summed E-state index contributed by atoms with van der Waals surface area (Å²) in [6, 6.07) is 11.4. The van der Waals surface area contributed by atoms with Crippen molar-refractivity contribution in [2.24, 2.45) is 0 Å². The summed E-state index contributed by atoms with van der Waals surface area (Å²) >= 11 is 0. The Labute approximate surface area is 189 Å². The largest absolute Gasteiger partial charge is 0.487 e. The quantitative estimate of drug-likeness (QED) is 0.624. The molecule has 3 rings (SSSR count). The second kappa shape index (κ2) is 9.48. The molecule has 32 heavy (non-hydrogen) atoms. The van der Waals surface area contributed by atoms with Crippen molar-refractivity contribution in [2.75, 3.05) is 10.6 Å². The molecular formula is C24H31FN2O4S. The average molecular weight is 463 g/mol. The molecule has 1 amide bonds. The zero-order valence-corrected chi connectivity index (χ0v) is 19.8. The maximum absolute atomic E-state index is 13.4. The second-order valence-corrected chi connectivity index (χ2v) is 10.1. The topological polar surface area (TPSA) is 75.7 Å². The van der Waals surface area contributed by atoms with E-state index in [1.165, 1.54) is 24.3 Å². The fourth-order valence-electron chi connectivity index (χ4n) is 4.35. The average Bonchev–Trinajstić information content (AvgIpc) is 2.77. The fourth-order valence-corrected chi connectivity index (χ4v) is 5.56. The lowest BCUT2D eigenvalue weighted by Crippen LogP contribution is -2.52. The molecule has 0 aromatic heterocycles. The number of halogens is 1. The molecule has 6 nitrogen and oxygen atoms in total. The number of fused-ring (bicyclic) bond motifs is 1. The van der Waals surface area contributed by atoms with Gasteiger partial charge in [0.1, 0.15) is 23.2 Å². The molecule has 1 heterocycles. The Bertz CT molecular complexity index is 1050. The molecule has 1 N–H and O–H groups in total. The SMILES string of the molecule is CC[C@H](C(=O)N[C@H]1CC(CC)(CC)Oc2ccccc21)N(c1ccc(F)cc1)S(C)(=O)=O. The van der Waals surface area contributed by atoms with Gasteiger partial charge in [-0.3, -0.25) is 9.10 Å². The van der Waals surface area contributed by atoms with E-state index in [1.807, 2.05) is 24.3 Å². The van der Waals surface area contributed by atoms with E-state index in [0.29, 0.717) is 6.42 Å². The van der Waals surface area contributed by atoms with Crippen LogP contribution in [0, 0.1) is 5.82 Å². The zero-order valence-electron chi connectivity index (χ0n) is 19.0. The van der Waals surface area contributed by atoms with Crippen molar-refractivity contribution in [3.8, 4) is 5.75 Å². The van der Waals surface area contributed by atoms with E-state index in [1.54, 1.807) is 6.92 Å². The Morgan fingerprint density at radius 3 is 2.34 bits per heavy atom. The summed E-state index contributed by atoms with van der Waals surface area (Å²) in [5.41, 5.74) is 0.724. The Kier molecular flexibility index (Phi) is 7.12. The molecule has 0 radical (unpaired) electrons. The van der Waals surface area contributed by atoms with Crippen LogP contribution in [-0.2, 0) is 14.8 Å². The molecule has 8 heteroatoms. The van der Waals surface area contributed by atoms with Gasteiger partial charge in [-0.05, 0) is 49.6 Å². The molecule has 0 spiro atoms. The number of ether oxygens (including phenoxy) is 1. The first kappa shape index (κ1) is 24.0. The third-order valence-corrected chi connectivity index (χ3v) is 7.39. The standard InChI is InChI=1S/C24H31FN2O4S/c1-5-21(27(32(4,29)30)18-14-12-17(25)13-15-18)23(28)26-20-16-24(6-2,7-3)31-22-11-9-8-10-19(20)22/h8-15,20-21H,5-7,16H2,1-4H3,(H,26,28)/t20-,21+/m0/s1. The van der Waals surface area contributed by atoms with Crippen LogP contribution >= 0.6 is 0 Å². The van der Waals surface area contributed by atoms with E-state index in [4.69, 9.17) is 4.74 Å². The number of amides is 1. The zero-order chi connectivity index (χ0) is 23.5. The number of hydrogen-bond donors (Lipinski definition) is 1. The van der Waals surface area contributed by atoms with Gasteiger partial charge < -0.3 is 10.1 Å². The number of sulfonamides is 1. The van der Waals surface area contributed by atoms with Crippen molar-refractivity contribution in [1.82, 2.24) is 5.32 Å². The monoisotopic (exact) mass is 462 g/mol. The van der Waals surface area contributed by atoms with Crippen LogP contribution in [0.3, 0.4) is 0 Å². The third kappa shape index (κ3) is 4.90. The van der Waals surface area contributed by atoms with Crippen LogP contribution in [0.1, 0.15) is 58.1 Å². The minimum atomic E-state index is -3.80. The van der Waals surface area contributed by atoms with Gasteiger partial charge in [0.25, 0.3) is 0 Å². The van der Waals surface area contributed by atoms with Crippen LogP contribution in [0.25, 0.3) is 0 Å². The summed E-state index contributed by atoms with van der Waals surface area (Å²) in [7, 11) is -3.80.